The molecule has 0 atom stereocenters. The molecular formula is C13H14FN5O. The summed E-state index contributed by atoms with van der Waals surface area (Å²) in [5.41, 5.74) is 0.848. The number of para-hydroxylation sites is 1. The maximum Gasteiger partial charge on any atom is 0.345 e. The highest BCUT2D eigenvalue weighted by molar-refractivity contribution is 5.76. The van der Waals surface area contributed by atoms with Gasteiger partial charge in [-0.25, -0.2) is 18.9 Å². The minimum atomic E-state index is -0.352. The van der Waals surface area contributed by atoms with Gasteiger partial charge in [0.05, 0.1) is 12.1 Å². The van der Waals surface area contributed by atoms with E-state index in [0.29, 0.717) is 17.9 Å². The average Bonchev–Trinajstić information content (AvgIpc) is 2.95. The number of nitrogens with zero attached hydrogens (tertiary/aromatic N) is 5. The third-order valence-corrected chi connectivity index (χ3v) is 3.32. The van der Waals surface area contributed by atoms with Gasteiger partial charge >= 0.3 is 5.69 Å². The molecule has 2 aromatic heterocycles. The molecule has 0 aliphatic carbocycles. The number of benzene rings is 1. The number of rotatable bonds is 3. The van der Waals surface area contributed by atoms with Crippen molar-refractivity contribution in [1.29, 1.82) is 0 Å². The molecule has 3 rings (SSSR count). The van der Waals surface area contributed by atoms with E-state index in [2.05, 4.69) is 10.1 Å². The molecule has 20 heavy (non-hydrogen) atoms. The Morgan fingerprint density at radius 2 is 2.15 bits per heavy atom. The molecule has 1 aromatic carbocycles. The van der Waals surface area contributed by atoms with Crippen molar-refractivity contribution in [2.24, 2.45) is 7.05 Å². The number of aromatic nitrogens is 5. The Morgan fingerprint density at radius 1 is 1.35 bits per heavy atom. The summed E-state index contributed by atoms with van der Waals surface area (Å²) < 4.78 is 18.4. The summed E-state index contributed by atoms with van der Waals surface area (Å²) in [4.78, 5) is 16.1. The van der Waals surface area contributed by atoms with E-state index in [9.17, 15) is 9.18 Å². The summed E-state index contributed by atoms with van der Waals surface area (Å²) in [5, 5.41) is 3.90. The molecule has 0 aliphatic heterocycles. The molecular weight excluding hydrogens is 261 g/mol. The van der Waals surface area contributed by atoms with Crippen LogP contribution in [-0.2, 0) is 20.1 Å². The number of fused-ring (bicyclic) bond motifs is 1. The lowest BCUT2D eigenvalue weighted by atomic mass is 10.3. The SMILES string of the molecule is CCn1c(Cn2cnn(C)c2=O)nc2c(F)cccc21. The highest BCUT2D eigenvalue weighted by Gasteiger charge is 2.14. The van der Waals surface area contributed by atoms with Crippen LogP contribution in [0.25, 0.3) is 11.0 Å². The van der Waals surface area contributed by atoms with Crippen LogP contribution in [0.3, 0.4) is 0 Å². The number of halogens is 1. The lowest BCUT2D eigenvalue weighted by Gasteiger charge is -2.05. The molecule has 0 fully saturated rings. The molecule has 0 amide bonds. The molecule has 104 valence electrons. The highest BCUT2D eigenvalue weighted by Crippen LogP contribution is 2.19. The minimum Gasteiger partial charge on any atom is -0.327 e. The minimum absolute atomic E-state index is 0.222. The third-order valence-electron chi connectivity index (χ3n) is 3.32. The molecule has 0 spiro atoms. The summed E-state index contributed by atoms with van der Waals surface area (Å²) in [6.45, 7) is 2.89. The van der Waals surface area contributed by atoms with Crippen molar-refractivity contribution in [3.63, 3.8) is 0 Å². The normalized spacial score (nSPS) is 11.3. The zero-order valence-electron chi connectivity index (χ0n) is 11.2. The van der Waals surface area contributed by atoms with Crippen molar-refractivity contribution in [2.75, 3.05) is 0 Å². The van der Waals surface area contributed by atoms with E-state index < -0.39 is 0 Å². The first kappa shape index (κ1) is 12.6. The Bertz CT molecular complexity index is 829. The topological polar surface area (TPSA) is 57.6 Å². The molecule has 0 N–H and O–H groups in total. The Kier molecular flexibility index (Phi) is 2.89. The molecule has 0 aliphatic rings. The molecule has 2 heterocycles. The summed E-state index contributed by atoms with van der Waals surface area (Å²) >= 11 is 0. The molecule has 3 aromatic rings. The third kappa shape index (κ3) is 1.82. The van der Waals surface area contributed by atoms with Gasteiger partial charge < -0.3 is 4.57 Å². The second-order valence-electron chi connectivity index (χ2n) is 4.54. The highest BCUT2D eigenvalue weighted by atomic mass is 19.1. The van der Waals surface area contributed by atoms with E-state index >= 15 is 0 Å². The molecule has 6 nitrogen and oxygen atoms in total. The second kappa shape index (κ2) is 4.59. The van der Waals surface area contributed by atoms with E-state index in [1.165, 1.54) is 21.6 Å². The standard InChI is InChI=1S/C13H14FN5O/c1-3-19-10-6-4-5-9(14)12(10)16-11(19)7-18-8-15-17(2)13(18)20/h4-6,8H,3,7H2,1-2H3. The maximum absolute atomic E-state index is 13.8. The predicted octanol–water partition coefficient (Wildman–Crippen LogP) is 1.14. The van der Waals surface area contributed by atoms with Crippen LogP contribution in [0.1, 0.15) is 12.7 Å². The molecule has 7 heteroatoms. The number of hydrogen-bond donors (Lipinski definition) is 0. The monoisotopic (exact) mass is 275 g/mol. The van der Waals surface area contributed by atoms with Crippen molar-refractivity contribution in [3.8, 4) is 0 Å². The van der Waals surface area contributed by atoms with Crippen LogP contribution in [0.4, 0.5) is 4.39 Å². The van der Waals surface area contributed by atoms with Gasteiger partial charge in [0, 0.05) is 13.6 Å². The van der Waals surface area contributed by atoms with Gasteiger partial charge in [-0.1, -0.05) is 6.07 Å². The van der Waals surface area contributed by atoms with Crippen molar-refractivity contribution in [3.05, 3.63) is 46.7 Å². The average molecular weight is 275 g/mol. The quantitative estimate of drug-likeness (QED) is 0.720. The van der Waals surface area contributed by atoms with E-state index in [1.54, 1.807) is 13.1 Å². The first-order valence-corrected chi connectivity index (χ1v) is 6.34. The van der Waals surface area contributed by atoms with Gasteiger partial charge in [-0.15, -0.1) is 0 Å². The van der Waals surface area contributed by atoms with Gasteiger partial charge in [0.1, 0.15) is 17.7 Å². The zero-order chi connectivity index (χ0) is 14.3. The van der Waals surface area contributed by atoms with Gasteiger partial charge in [-0.3, -0.25) is 4.57 Å². The molecule has 0 bridgehead atoms. The van der Waals surface area contributed by atoms with E-state index in [-0.39, 0.29) is 18.1 Å². The molecule has 0 unspecified atom stereocenters. The van der Waals surface area contributed by atoms with Crippen LogP contribution >= 0.6 is 0 Å². The zero-order valence-corrected chi connectivity index (χ0v) is 11.2. The predicted molar refractivity (Wildman–Crippen MR) is 71.9 cm³/mol. The fraction of sp³-hybridized carbons (Fsp3) is 0.308. The smallest absolute Gasteiger partial charge is 0.327 e. The molecule has 0 radical (unpaired) electrons. The van der Waals surface area contributed by atoms with Crippen LogP contribution in [-0.4, -0.2) is 23.9 Å². The summed E-state index contributed by atoms with van der Waals surface area (Å²) in [6, 6.07) is 4.87. The van der Waals surface area contributed by atoms with Crippen LogP contribution in [0.2, 0.25) is 0 Å². The molecule has 0 saturated heterocycles. The summed E-state index contributed by atoms with van der Waals surface area (Å²) in [7, 11) is 1.58. The lowest BCUT2D eigenvalue weighted by Crippen LogP contribution is -2.24. The van der Waals surface area contributed by atoms with Gasteiger partial charge in [0.2, 0.25) is 0 Å². The number of imidazole rings is 1. The van der Waals surface area contributed by atoms with E-state index in [4.69, 9.17) is 0 Å². The largest absolute Gasteiger partial charge is 0.345 e. The van der Waals surface area contributed by atoms with Crippen molar-refractivity contribution in [2.45, 2.75) is 20.0 Å². The Morgan fingerprint density at radius 3 is 2.80 bits per heavy atom. The van der Waals surface area contributed by atoms with Crippen LogP contribution in [0, 0.1) is 5.82 Å². The van der Waals surface area contributed by atoms with Crippen LogP contribution < -0.4 is 5.69 Å². The Balaban J connectivity index is 2.14. The van der Waals surface area contributed by atoms with Crippen molar-refractivity contribution < 1.29 is 4.39 Å². The van der Waals surface area contributed by atoms with Crippen molar-refractivity contribution in [1.82, 2.24) is 23.9 Å². The number of aryl methyl sites for hydroxylation is 2. The first-order chi connectivity index (χ1) is 9.61. The maximum atomic E-state index is 13.8. The number of hydrogen-bond acceptors (Lipinski definition) is 3. The van der Waals surface area contributed by atoms with E-state index in [1.807, 2.05) is 17.6 Å². The van der Waals surface area contributed by atoms with Crippen LogP contribution in [0.5, 0.6) is 0 Å². The lowest BCUT2D eigenvalue weighted by molar-refractivity contribution is 0.631. The Hall–Kier alpha value is -2.44. The second-order valence-corrected chi connectivity index (χ2v) is 4.54. The fourth-order valence-corrected chi connectivity index (χ4v) is 2.32. The van der Waals surface area contributed by atoms with Gasteiger partial charge in [0.25, 0.3) is 0 Å². The fourth-order valence-electron chi connectivity index (χ4n) is 2.32. The van der Waals surface area contributed by atoms with Crippen LogP contribution in [0.15, 0.2) is 29.3 Å². The van der Waals surface area contributed by atoms with Gasteiger partial charge in [0.15, 0.2) is 5.82 Å². The summed E-state index contributed by atoms with van der Waals surface area (Å²) in [6.07, 6.45) is 1.46. The first-order valence-electron chi connectivity index (χ1n) is 6.34. The van der Waals surface area contributed by atoms with E-state index in [0.717, 1.165) is 5.52 Å². The van der Waals surface area contributed by atoms with Gasteiger partial charge in [-0.05, 0) is 19.1 Å². The van der Waals surface area contributed by atoms with Gasteiger partial charge in [-0.2, -0.15) is 5.10 Å². The summed E-state index contributed by atoms with van der Waals surface area (Å²) in [5.74, 6) is 0.289. The van der Waals surface area contributed by atoms with Crippen molar-refractivity contribution >= 4 is 11.0 Å². The molecule has 0 saturated carbocycles. The Labute approximate surface area is 114 Å².